The number of pyridine rings is 1. The van der Waals surface area contributed by atoms with Crippen LogP contribution in [-0.2, 0) is 6.54 Å². The number of carbonyl (C=O) groups is 1. The van der Waals surface area contributed by atoms with Crippen molar-refractivity contribution in [1.82, 2.24) is 9.88 Å². The first kappa shape index (κ1) is 13.5. The topological polar surface area (TPSA) is 71.2 Å². The lowest BCUT2D eigenvalue weighted by Crippen LogP contribution is -2.27. The number of anilines is 1. The SMILES string of the molecule is Cc1cc(NN)c(C(=O)N(C)Cc2ccsc2)cn1. The Balaban J connectivity index is 2.19. The van der Waals surface area contributed by atoms with Gasteiger partial charge in [0, 0.05) is 25.5 Å². The fraction of sp³-hybridized carbons (Fsp3) is 0.231. The van der Waals surface area contributed by atoms with Gasteiger partial charge in [0.15, 0.2) is 0 Å². The predicted octanol–water partition coefficient (Wildman–Crippen LogP) is 2.01. The van der Waals surface area contributed by atoms with Crippen LogP contribution in [0.15, 0.2) is 29.1 Å². The van der Waals surface area contributed by atoms with Crippen LogP contribution >= 0.6 is 11.3 Å². The van der Waals surface area contributed by atoms with E-state index in [1.165, 1.54) is 0 Å². The molecule has 2 aromatic heterocycles. The van der Waals surface area contributed by atoms with E-state index in [1.54, 1.807) is 35.5 Å². The Morgan fingerprint density at radius 3 is 3.00 bits per heavy atom. The second-order valence-electron chi connectivity index (χ2n) is 4.31. The lowest BCUT2D eigenvalue weighted by molar-refractivity contribution is 0.0785. The number of aryl methyl sites for hydroxylation is 1. The van der Waals surface area contributed by atoms with Crippen molar-refractivity contribution in [2.75, 3.05) is 12.5 Å². The molecule has 2 aromatic rings. The summed E-state index contributed by atoms with van der Waals surface area (Å²) in [6, 6.07) is 3.76. The van der Waals surface area contributed by atoms with E-state index in [-0.39, 0.29) is 5.91 Å². The number of hydrogen-bond acceptors (Lipinski definition) is 5. The van der Waals surface area contributed by atoms with E-state index in [9.17, 15) is 4.79 Å². The number of amides is 1. The highest BCUT2D eigenvalue weighted by Crippen LogP contribution is 2.17. The first-order valence-electron chi connectivity index (χ1n) is 5.81. The predicted molar refractivity (Wildman–Crippen MR) is 76.9 cm³/mol. The summed E-state index contributed by atoms with van der Waals surface area (Å²) in [5, 5.41) is 4.02. The summed E-state index contributed by atoms with van der Waals surface area (Å²) in [5.41, 5.74) is 5.54. The molecule has 19 heavy (non-hydrogen) atoms. The zero-order chi connectivity index (χ0) is 13.8. The van der Waals surface area contributed by atoms with Crippen LogP contribution in [0.25, 0.3) is 0 Å². The van der Waals surface area contributed by atoms with Crippen molar-refractivity contribution in [1.29, 1.82) is 0 Å². The molecule has 0 spiro atoms. The molecule has 5 nitrogen and oxygen atoms in total. The molecule has 0 aliphatic heterocycles. The summed E-state index contributed by atoms with van der Waals surface area (Å²) in [4.78, 5) is 18.2. The number of carbonyl (C=O) groups excluding carboxylic acids is 1. The second-order valence-corrected chi connectivity index (χ2v) is 5.09. The Morgan fingerprint density at radius 1 is 1.58 bits per heavy atom. The third-order valence-corrected chi connectivity index (χ3v) is 3.51. The van der Waals surface area contributed by atoms with E-state index in [1.807, 2.05) is 23.8 Å². The molecule has 0 aliphatic carbocycles. The van der Waals surface area contributed by atoms with Gasteiger partial charge in [0.2, 0.25) is 0 Å². The first-order chi connectivity index (χ1) is 9.11. The Labute approximate surface area is 116 Å². The van der Waals surface area contributed by atoms with Crippen molar-refractivity contribution in [3.8, 4) is 0 Å². The molecule has 0 radical (unpaired) electrons. The van der Waals surface area contributed by atoms with E-state index in [0.29, 0.717) is 17.8 Å². The van der Waals surface area contributed by atoms with Gasteiger partial charge in [0.1, 0.15) is 0 Å². The molecule has 0 fully saturated rings. The quantitative estimate of drug-likeness (QED) is 0.662. The summed E-state index contributed by atoms with van der Waals surface area (Å²) in [6.45, 7) is 2.42. The van der Waals surface area contributed by atoms with Crippen LogP contribution in [0.3, 0.4) is 0 Å². The van der Waals surface area contributed by atoms with Crippen molar-refractivity contribution in [2.24, 2.45) is 5.84 Å². The fourth-order valence-electron chi connectivity index (χ4n) is 1.78. The highest BCUT2D eigenvalue weighted by atomic mass is 32.1. The van der Waals surface area contributed by atoms with E-state index in [2.05, 4.69) is 10.4 Å². The number of nitrogen functional groups attached to an aromatic ring is 1. The molecule has 2 heterocycles. The first-order valence-corrected chi connectivity index (χ1v) is 6.76. The number of nitrogens with two attached hydrogens (primary N) is 1. The largest absolute Gasteiger partial charge is 0.337 e. The van der Waals surface area contributed by atoms with Gasteiger partial charge in [-0.25, -0.2) is 0 Å². The number of aromatic nitrogens is 1. The number of rotatable bonds is 4. The Morgan fingerprint density at radius 2 is 2.37 bits per heavy atom. The van der Waals surface area contributed by atoms with Crippen LogP contribution in [0.2, 0.25) is 0 Å². The molecule has 0 atom stereocenters. The molecule has 1 amide bonds. The van der Waals surface area contributed by atoms with E-state index in [4.69, 9.17) is 5.84 Å². The van der Waals surface area contributed by atoms with Crippen LogP contribution in [0.1, 0.15) is 21.6 Å². The smallest absolute Gasteiger partial charge is 0.257 e. The summed E-state index contributed by atoms with van der Waals surface area (Å²) < 4.78 is 0. The Kier molecular flexibility index (Phi) is 4.13. The van der Waals surface area contributed by atoms with Gasteiger partial charge in [-0.2, -0.15) is 11.3 Å². The third-order valence-electron chi connectivity index (χ3n) is 2.77. The molecular weight excluding hydrogens is 260 g/mol. The molecular formula is C13H16N4OS. The van der Waals surface area contributed by atoms with Crippen molar-refractivity contribution in [3.05, 3.63) is 45.9 Å². The minimum Gasteiger partial charge on any atom is -0.337 e. The maximum absolute atomic E-state index is 12.4. The number of hydrazine groups is 1. The molecule has 2 rings (SSSR count). The zero-order valence-corrected chi connectivity index (χ0v) is 11.7. The van der Waals surface area contributed by atoms with Gasteiger partial charge in [0.25, 0.3) is 5.91 Å². The highest BCUT2D eigenvalue weighted by molar-refractivity contribution is 7.07. The molecule has 0 unspecified atom stereocenters. The van der Waals surface area contributed by atoms with Gasteiger partial charge < -0.3 is 10.3 Å². The Hall–Kier alpha value is -1.92. The van der Waals surface area contributed by atoms with Crippen LogP contribution in [0.5, 0.6) is 0 Å². The zero-order valence-electron chi connectivity index (χ0n) is 10.9. The van der Waals surface area contributed by atoms with Gasteiger partial charge in [-0.15, -0.1) is 0 Å². The number of nitrogens with zero attached hydrogens (tertiary/aromatic N) is 2. The molecule has 0 saturated carbocycles. The van der Waals surface area contributed by atoms with Crippen LogP contribution in [-0.4, -0.2) is 22.8 Å². The minimum absolute atomic E-state index is 0.105. The van der Waals surface area contributed by atoms with Crippen molar-refractivity contribution < 1.29 is 4.79 Å². The molecule has 0 saturated heterocycles. The van der Waals surface area contributed by atoms with Gasteiger partial charge in [-0.3, -0.25) is 15.6 Å². The van der Waals surface area contributed by atoms with Gasteiger partial charge in [-0.1, -0.05) is 0 Å². The maximum atomic E-state index is 12.4. The standard InChI is InChI=1S/C13H16N4OS/c1-9-5-12(16-14)11(6-15-9)13(18)17(2)7-10-3-4-19-8-10/h3-6,8H,7,14H2,1-2H3,(H,15,16). The maximum Gasteiger partial charge on any atom is 0.257 e. The van der Waals surface area contributed by atoms with Gasteiger partial charge in [-0.05, 0) is 35.4 Å². The van der Waals surface area contributed by atoms with Crippen LogP contribution in [0, 0.1) is 6.92 Å². The lowest BCUT2D eigenvalue weighted by atomic mass is 10.2. The minimum atomic E-state index is -0.105. The van der Waals surface area contributed by atoms with Crippen molar-refractivity contribution >= 4 is 22.9 Å². The number of nitrogens with one attached hydrogen (secondary N) is 1. The molecule has 0 bridgehead atoms. The molecule has 100 valence electrons. The number of hydrogen-bond donors (Lipinski definition) is 2. The van der Waals surface area contributed by atoms with Gasteiger partial charge >= 0.3 is 0 Å². The highest BCUT2D eigenvalue weighted by Gasteiger charge is 2.16. The van der Waals surface area contributed by atoms with Crippen molar-refractivity contribution in [2.45, 2.75) is 13.5 Å². The average Bonchev–Trinajstić information content (AvgIpc) is 2.90. The summed E-state index contributed by atoms with van der Waals surface area (Å²) in [5.74, 6) is 5.34. The Bertz CT molecular complexity index is 568. The molecule has 3 N–H and O–H groups in total. The van der Waals surface area contributed by atoms with E-state index in [0.717, 1.165) is 11.3 Å². The van der Waals surface area contributed by atoms with E-state index >= 15 is 0 Å². The molecule has 6 heteroatoms. The van der Waals surface area contributed by atoms with Gasteiger partial charge in [0.05, 0.1) is 11.3 Å². The molecule has 0 aromatic carbocycles. The summed E-state index contributed by atoms with van der Waals surface area (Å²) in [6.07, 6.45) is 1.55. The van der Waals surface area contributed by atoms with Crippen LogP contribution in [0.4, 0.5) is 5.69 Å². The third kappa shape index (κ3) is 3.10. The summed E-state index contributed by atoms with van der Waals surface area (Å²) in [7, 11) is 1.76. The fourth-order valence-corrected chi connectivity index (χ4v) is 2.44. The monoisotopic (exact) mass is 276 g/mol. The number of thiophene rings is 1. The second kappa shape index (κ2) is 5.81. The van der Waals surface area contributed by atoms with Crippen LogP contribution < -0.4 is 11.3 Å². The average molecular weight is 276 g/mol. The van der Waals surface area contributed by atoms with Crippen molar-refractivity contribution in [3.63, 3.8) is 0 Å². The van der Waals surface area contributed by atoms with E-state index < -0.39 is 0 Å². The normalized spacial score (nSPS) is 10.3. The lowest BCUT2D eigenvalue weighted by Gasteiger charge is -2.18. The summed E-state index contributed by atoms with van der Waals surface area (Å²) >= 11 is 1.62. The molecule has 0 aliphatic rings.